The molecule has 1 aromatic rings. The molecule has 1 N–H and O–H groups in total. The SMILES string of the molecule is CCC1COCCN1CCOc1cccc(C(=O)O)c1. The molecule has 0 radical (unpaired) electrons. The van der Waals surface area contributed by atoms with Gasteiger partial charge in [-0.05, 0) is 24.6 Å². The Labute approximate surface area is 119 Å². The number of aromatic carboxylic acids is 1. The second kappa shape index (κ2) is 7.26. The van der Waals surface area contributed by atoms with E-state index in [9.17, 15) is 4.79 Å². The molecule has 0 aliphatic carbocycles. The standard InChI is InChI=1S/C15H21NO4/c1-2-13-11-19-8-6-16(13)7-9-20-14-5-3-4-12(10-14)15(17)18/h3-5,10,13H,2,6-9,11H2,1H3,(H,17,18). The Hall–Kier alpha value is -1.59. The van der Waals surface area contributed by atoms with Gasteiger partial charge in [-0.2, -0.15) is 0 Å². The van der Waals surface area contributed by atoms with Crippen molar-refractivity contribution in [3.05, 3.63) is 29.8 Å². The zero-order valence-electron chi connectivity index (χ0n) is 11.7. The lowest BCUT2D eigenvalue weighted by molar-refractivity contribution is -0.0132. The lowest BCUT2D eigenvalue weighted by Crippen LogP contribution is -2.46. The summed E-state index contributed by atoms with van der Waals surface area (Å²) in [5.41, 5.74) is 0.250. The molecule has 0 aromatic heterocycles. The summed E-state index contributed by atoms with van der Waals surface area (Å²) in [4.78, 5) is 13.2. The van der Waals surface area contributed by atoms with Gasteiger partial charge in [0, 0.05) is 19.1 Å². The Kier molecular flexibility index (Phi) is 5.38. The van der Waals surface area contributed by atoms with E-state index in [1.54, 1.807) is 24.3 Å². The number of rotatable bonds is 6. The van der Waals surface area contributed by atoms with E-state index in [4.69, 9.17) is 14.6 Å². The molecule has 20 heavy (non-hydrogen) atoms. The van der Waals surface area contributed by atoms with Crippen molar-refractivity contribution in [2.75, 3.05) is 32.9 Å². The van der Waals surface area contributed by atoms with Gasteiger partial charge in [0.25, 0.3) is 0 Å². The number of benzene rings is 1. The quantitative estimate of drug-likeness (QED) is 0.861. The average Bonchev–Trinajstić information content (AvgIpc) is 2.48. The summed E-state index contributed by atoms with van der Waals surface area (Å²) < 4.78 is 11.1. The van der Waals surface area contributed by atoms with E-state index in [1.807, 2.05) is 0 Å². The molecule has 2 rings (SSSR count). The summed E-state index contributed by atoms with van der Waals surface area (Å²) in [6, 6.07) is 7.05. The predicted molar refractivity (Wildman–Crippen MR) is 75.4 cm³/mol. The first kappa shape index (κ1) is 14.8. The molecule has 1 aromatic carbocycles. The second-order valence-electron chi connectivity index (χ2n) is 4.85. The van der Waals surface area contributed by atoms with Crippen LogP contribution in [-0.2, 0) is 4.74 Å². The van der Waals surface area contributed by atoms with Crippen molar-refractivity contribution < 1.29 is 19.4 Å². The lowest BCUT2D eigenvalue weighted by Gasteiger charge is -2.34. The maximum atomic E-state index is 10.9. The second-order valence-corrected chi connectivity index (χ2v) is 4.85. The summed E-state index contributed by atoms with van der Waals surface area (Å²) in [5.74, 6) is -0.333. The van der Waals surface area contributed by atoms with Crippen molar-refractivity contribution in [2.45, 2.75) is 19.4 Å². The molecule has 1 unspecified atom stereocenters. The number of carboxylic acids is 1. The largest absolute Gasteiger partial charge is 0.492 e. The van der Waals surface area contributed by atoms with Crippen LogP contribution in [-0.4, -0.2) is 54.9 Å². The fourth-order valence-electron chi connectivity index (χ4n) is 2.36. The molecule has 1 heterocycles. The van der Waals surface area contributed by atoms with Gasteiger partial charge in [0.15, 0.2) is 0 Å². The maximum absolute atomic E-state index is 10.9. The first-order chi connectivity index (χ1) is 9.70. The van der Waals surface area contributed by atoms with E-state index >= 15 is 0 Å². The van der Waals surface area contributed by atoms with Crippen molar-refractivity contribution >= 4 is 5.97 Å². The number of carbonyl (C=O) groups is 1. The Bertz CT molecular complexity index is 449. The van der Waals surface area contributed by atoms with Gasteiger partial charge in [-0.25, -0.2) is 4.79 Å². The van der Waals surface area contributed by atoms with Crippen molar-refractivity contribution in [1.82, 2.24) is 4.90 Å². The first-order valence-corrected chi connectivity index (χ1v) is 6.98. The molecular weight excluding hydrogens is 258 g/mol. The van der Waals surface area contributed by atoms with Crippen LogP contribution in [0.15, 0.2) is 24.3 Å². The zero-order chi connectivity index (χ0) is 14.4. The van der Waals surface area contributed by atoms with Gasteiger partial charge in [0.2, 0.25) is 0 Å². The van der Waals surface area contributed by atoms with Gasteiger partial charge < -0.3 is 14.6 Å². The van der Waals surface area contributed by atoms with Crippen molar-refractivity contribution in [3.8, 4) is 5.75 Å². The highest BCUT2D eigenvalue weighted by Gasteiger charge is 2.20. The highest BCUT2D eigenvalue weighted by molar-refractivity contribution is 5.87. The maximum Gasteiger partial charge on any atom is 0.335 e. The van der Waals surface area contributed by atoms with Gasteiger partial charge >= 0.3 is 5.97 Å². The van der Waals surface area contributed by atoms with E-state index in [2.05, 4.69) is 11.8 Å². The smallest absolute Gasteiger partial charge is 0.335 e. The summed E-state index contributed by atoms with van der Waals surface area (Å²) in [5, 5.41) is 8.93. The molecule has 0 saturated carbocycles. The molecule has 1 fully saturated rings. The molecule has 1 atom stereocenters. The van der Waals surface area contributed by atoms with E-state index in [1.165, 1.54) is 0 Å². The third kappa shape index (κ3) is 3.95. The molecule has 1 aliphatic heterocycles. The van der Waals surface area contributed by atoms with Gasteiger partial charge in [0.1, 0.15) is 12.4 Å². The summed E-state index contributed by atoms with van der Waals surface area (Å²) >= 11 is 0. The molecule has 110 valence electrons. The number of morpholine rings is 1. The van der Waals surface area contributed by atoms with Gasteiger partial charge in [-0.15, -0.1) is 0 Å². The molecule has 1 saturated heterocycles. The fraction of sp³-hybridized carbons (Fsp3) is 0.533. The minimum absolute atomic E-state index is 0.250. The number of hydrogen-bond acceptors (Lipinski definition) is 4. The van der Waals surface area contributed by atoms with Crippen LogP contribution in [0.1, 0.15) is 23.7 Å². The Morgan fingerprint density at radius 1 is 1.55 bits per heavy atom. The topological polar surface area (TPSA) is 59.0 Å². The van der Waals surface area contributed by atoms with Crippen LogP contribution in [0.3, 0.4) is 0 Å². The molecule has 5 heteroatoms. The number of nitrogens with zero attached hydrogens (tertiary/aromatic N) is 1. The molecular formula is C15H21NO4. The number of hydrogen-bond donors (Lipinski definition) is 1. The minimum atomic E-state index is -0.935. The van der Waals surface area contributed by atoms with Crippen LogP contribution < -0.4 is 4.74 Å². The van der Waals surface area contributed by atoms with E-state index in [0.717, 1.165) is 32.7 Å². The Balaban J connectivity index is 1.83. The van der Waals surface area contributed by atoms with E-state index < -0.39 is 5.97 Å². The Morgan fingerprint density at radius 2 is 2.40 bits per heavy atom. The fourth-order valence-corrected chi connectivity index (χ4v) is 2.36. The highest BCUT2D eigenvalue weighted by Crippen LogP contribution is 2.14. The predicted octanol–water partition coefficient (Wildman–Crippen LogP) is 1.87. The van der Waals surface area contributed by atoms with Crippen LogP contribution in [0.4, 0.5) is 0 Å². The Morgan fingerprint density at radius 3 is 3.15 bits per heavy atom. The first-order valence-electron chi connectivity index (χ1n) is 6.98. The average molecular weight is 279 g/mol. The summed E-state index contributed by atoms with van der Waals surface area (Å²) in [7, 11) is 0. The third-order valence-corrected chi connectivity index (χ3v) is 3.55. The van der Waals surface area contributed by atoms with E-state index in [0.29, 0.717) is 18.4 Å². The number of ether oxygens (including phenoxy) is 2. The van der Waals surface area contributed by atoms with Gasteiger partial charge in [-0.3, -0.25) is 4.90 Å². The summed E-state index contributed by atoms with van der Waals surface area (Å²) in [6.07, 6.45) is 1.06. The monoisotopic (exact) mass is 279 g/mol. The molecule has 1 aliphatic rings. The van der Waals surface area contributed by atoms with Crippen LogP contribution in [0.5, 0.6) is 5.75 Å². The number of carboxylic acid groups (broad SMARTS) is 1. The van der Waals surface area contributed by atoms with Crippen LogP contribution in [0, 0.1) is 0 Å². The van der Waals surface area contributed by atoms with Crippen molar-refractivity contribution in [3.63, 3.8) is 0 Å². The normalized spacial score (nSPS) is 19.8. The van der Waals surface area contributed by atoms with E-state index in [-0.39, 0.29) is 5.56 Å². The molecule has 5 nitrogen and oxygen atoms in total. The molecule has 0 amide bonds. The van der Waals surface area contributed by atoms with Gasteiger partial charge in [-0.1, -0.05) is 13.0 Å². The van der Waals surface area contributed by atoms with Crippen molar-refractivity contribution in [1.29, 1.82) is 0 Å². The van der Waals surface area contributed by atoms with Crippen LogP contribution >= 0.6 is 0 Å². The zero-order valence-corrected chi connectivity index (χ0v) is 11.7. The van der Waals surface area contributed by atoms with Crippen LogP contribution in [0.25, 0.3) is 0 Å². The molecule has 0 bridgehead atoms. The minimum Gasteiger partial charge on any atom is -0.492 e. The third-order valence-electron chi connectivity index (χ3n) is 3.55. The summed E-state index contributed by atoms with van der Waals surface area (Å²) in [6.45, 7) is 6.02. The molecule has 0 spiro atoms. The highest BCUT2D eigenvalue weighted by atomic mass is 16.5. The lowest BCUT2D eigenvalue weighted by atomic mass is 10.2. The van der Waals surface area contributed by atoms with Crippen LogP contribution in [0.2, 0.25) is 0 Å². The van der Waals surface area contributed by atoms with Crippen molar-refractivity contribution in [2.24, 2.45) is 0 Å². The van der Waals surface area contributed by atoms with Gasteiger partial charge in [0.05, 0.1) is 18.8 Å².